The van der Waals surface area contributed by atoms with Crippen molar-refractivity contribution < 1.29 is 30.3 Å². The van der Waals surface area contributed by atoms with Crippen LogP contribution in [-0.4, -0.2) is 10.3 Å². The Bertz CT molecular complexity index is 33.8. The fourth-order valence-electron chi connectivity index (χ4n) is 0. The van der Waals surface area contributed by atoms with Crippen molar-refractivity contribution in [3.63, 3.8) is 0 Å². The molecule has 6 heavy (non-hydrogen) atoms. The van der Waals surface area contributed by atoms with E-state index in [1.54, 1.807) is 0 Å². The van der Waals surface area contributed by atoms with E-state index in [4.69, 9.17) is 15.3 Å². The van der Waals surface area contributed by atoms with Crippen molar-refractivity contribution in [2.24, 2.45) is 0 Å². The molecular formula is HAgClNO3. The third kappa shape index (κ3) is 833. The zero-order chi connectivity index (χ0) is 5.58. The third-order valence-electron chi connectivity index (χ3n) is 0. The van der Waals surface area contributed by atoms with Crippen LogP contribution in [0.25, 0.3) is 0 Å². The van der Waals surface area contributed by atoms with Crippen LogP contribution in [0.4, 0.5) is 0 Å². The van der Waals surface area contributed by atoms with Crippen LogP contribution in [0.1, 0.15) is 0 Å². The van der Waals surface area contributed by atoms with E-state index in [-0.39, 0.29) is 0 Å². The van der Waals surface area contributed by atoms with Gasteiger partial charge in [0.2, 0.25) is 0 Å². The molecule has 0 amide bonds. The van der Waals surface area contributed by atoms with Crippen molar-refractivity contribution in [1.82, 2.24) is 0 Å². The number of halogens is 1. The zero-order valence-electron chi connectivity index (χ0n) is 2.39. The molecule has 0 aromatic rings. The topological polar surface area (TPSA) is 63.4 Å². The number of hydrogen-bond donors (Lipinski definition) is 1. The molecule has 0 aliphatic heterocycles. The van der Waals surface area contributed by atoms with Crippen molar-refractivity contribution in [2.75, 3.05) is 0 Å². The van der Waals surface area contributed by atoms with Gasteiger partial charge in [-0.05, 0) is 0 Å². The van der Waals surface area contributed by atoms with Crippen LogP contribution in [0.2, 0.25) is 0 Å². The van der Waals surface area contributed by atoms with Crippen molar-refractivity contribution in [3.8, 4) is 0 Å². The van der Waals surface area contributed by atoms with E-state index in [1.165, 1.54) is 0 Å². The maximum absolute atomic E-state index is 8.36. The summed E-state index contributed by atoms with van der Waals surface area (Å²) in [5, 5.41) is 13.6. The van der Waals surface area contributed by atoms with Gasteiger partial charge in [0, 0.05) is 0 Å². The van der Waals surface area contributed by atoms with Gasteiger partial charge in [-0.25, -0.2) is 0 Å². The van der Waals surface area contributed by atoms with E-state index in [9.17, 15) is 0 Å². The van der Waals surface area contributed by atoms with E-state index in [0.29, 0.717) is 0 Å². The van der Waals surface area contributed by atoms with Crippen LogP contribution in [0.15, 0.2) is 0 Å². The molecule has 0 heterocycles. The molecule has 0 spiro atoms. The van der Waals surface area contributed by atoms with Gasteiger partial charge in [0.05, 0.1) is 0 Å². The monoisotopic (exact) mass is 205 g/mol. The summed E-state index contributed by atoms with van der Waals surface area (Å²) in [6, 6.07) is 0. The predicted molar refractivity (Wildman–Crippen MR) is 14.6 cm³/mol. The molecule has 0 unspecified atom stereocenters. The summed E-state index contributed by atoms with van der Waals surface area (Å²) < 4.78 is 0. The molecule has 6 heteroatoms. The Morgan fingerprint density at radius 3 is 1.83 bits per heavy atom. The van der Waals surface area contributed by atoms with Gasteiger partial charge in [0.1, 0.15) is 0 Å². The van der Waals surface area contributed by atoms with Gasteiger partial charge in [0.15, 0.2) is 0 Å². The molecule has 0 bridgehead atoms. The van der Waals surface area contributed by atoms with E-state index in [1.807, 2.05) is 0 Å². The predicted octanol–water partition coefficient (Wildman–Crippen LogP) is 0.339. The van der Waals surface area contributed by atoms with Crippen LogP contribution < -0.4 is 0 Å². The molecule has 4 nitrogen and oxygen atoms in total. The van der Waals surface area contributed by atoms with Crippen LogP contribution in [0.5, 0.6) is 0 Å². The number of rotatable bonds is 0. The van der Waals surface area contributed by atoms with Gasteiger partial charge < -0.3 is 5.21 Å². The molecule has 42 valence electrons. The van der Waals surface area contributed by atoms with Gasteiger partial charge in [-0.1, -0.05) is 0 Å². The first kappa shape index (κ1) is 9.52. The molecule has 1 N–H and O–H groups in total. The summed E-state index contributed by atoms with van der Waals surface area (Å²) >= 11 is 2.42. The molecule has 0 saturated carbocycles. The van der Waals surface area contributed by atoms with Gasteiger partial charge in [0.25, 0.3) is 5.09 Å². The summed E-state index contributed by atoms with van der Waals surface area (Å²) in [6.07, 6.45) is 0. The SMILES string of the molecule is O=[N+]([O-])O.[Cl][Ag]. The molecule has 0 atom stereocenters. The molecule has 0 aromatic carbocycles. The van der Waals surface area contributed by atoms with E-state index in [2.05, 4.69) is 29.2 Å². The van der Waals surface area contributed by atoms with Crippen molar-refractivity contribution in [1.29, 1.82) is 0 Å². The average Bonchev–Trinajstić information content (AvgIpc) is 1.41. The summed E-state index contributed by atoms with van der Waals surface area (Å²) in [5.74, 6) is 0. The summed E-state index contributed by atoms with van der Waals surface area (Å²) in [7, 11) is 4.45. The third-order valence-corrected chi connectivity index (χ3v) is 0. The Morgan fingerprint density at radius 2 is 1.83 bits per heavy atom. The van der Waals surface area contributed by atoms with Crippen molar-refractivity contribution in [2.45, 2.75) is 0 Å². The minimum absolute atomic E-state index is 1.50. The number of nitrogens with zero attached hydrogens (tertiary/aromatic N) is 1. The maximum atomic E-state index is 8.36. The van der Waals surface area contributed by atoms with Gasteiger partial charge in [-0.2, -0.15) is 0 Å². The first-order chi connectivity index (χ1) is 2.73. The molecule has 0 aromatic heterocycles. The van der Waals surface area contributed by atoms with Gasteiger partial charge in [-0.3, -0.25) is 0 Å². The second-order valence-electron chi connectivity index (χ2n) is 0.238. The Hall–Kier alpha value is 0.230. The van der Waals surface area contributed by atoms with Crippen LogP contribution in [0.3, 0.4) is 0 Å². The first-order valence-corrected chi connectivity index (χ1v) is 2.59. The Balaban J connectivity index is 0. The fourth-order valence-corrected chi connectivity index (χ4v) is 0. The summed E-state index contributed by atoms with van der Waals surface area (Å²) in [4.78, 5) is 8.36. The van der Waals surface area contributed by atoms with Crippen LogP contribution >= 0.6 is 9.19 Å². The molecule has 0 radical (unpaired) electrons. The van der Waals surface area contributed by atoms with Crippen LogP contribution in [-0.2, 0) is 20.0 Å². The van der Waals surface area contributed by atoms with E-state index < -0.39 is 5.09 Å². The molecule has 0 aliphatic rings. The normalized spacial score (nSPS) is 5.17. The quantitative estimate of drug-likeness (QED) is 0.353. The molecule has 0 aliphatic carbocycles. The Labute approximate surface area is 50.0 Å². The van der Waals surface area contributed by atoms with Crippen LogP contribution in [0, 0.1) is 10.1 Å². The Morgan fingerprint density at radius 1 is 1.83 bits per heavy atom. The van der Waals surface area contributed by atoms with E-state index in [0.717, 1.165) is 0 Å². The second-order valence-corrected chi connectivity index (χ2v) is 0.238. The first-order valence-electron chi connectivity index (χ1n) is 0.679. The fraction of sp³-hybridized carbons (Fsp3) is 0. The minimum atomic E-state index is -1.50. The second kappa shape index (κ2) is 8.97. The standard InChI is InChI=1S/Ag.ClH.HNO3/c;;2-1(3)4/h;1H;(H,2,3,4)/q+1;;/p-1. The molecular weight excluding hydrogens is 205 g/mol. The molecule has 0 rings (SSSR count). The Kier molecular flexibility index (Phi) is 14.2. The van der Waals surface area contributed by atoms with E-state index >= 15 is 0 Å². The molecule has 0 fully saturated rings. The van der Waals surface area contributed by atoms with Crippen molar-refractivity contribution >= 4 is 9.19 Å². The average molecular weight is 206 g/mol. The molecule has 0 saturated heterocycles. The number of hydrogen-bond acceptors (Lipinski definition) is 2. The summed E-state index contributed by atoms with van der Waals surface area (Å²) in [6.45, 7) is 0. The summed E-state index contributed by atoms with van der Waals surface area (Å²) in [5.41, 5.74) is 0. The van der Waals surface area contributed by atoms with Crippen molar-refractivity contribution in [3.05, 3.63) is 10.1 Å². The van der Waals surface area contributed by atoms with Gasteiger partial charge >= 0.3 is 29.2 Å². The zero-order valence-corrected chi connectivity index (χ0v) is 4.63. The van der Waals surface area contributed by atoms with Gasteiger partial charge in [-0.15, -0.1) is 10.1 Å².